The number of fused-ring (bicyclic) bond motifs is 1. The molecule has 1 N–H and O–H groups in total. The number of nitrogens with one attached hydrogen (secondary N) is 1. The highest BCUT2D eigenvalue weighted by atomic mass is 16.3. The summed E-state index contributed by atoms with van der Waals surface area (Å²) in [6, 6.07) is 13.9. The van der Waals surface area contributed by atoms with E-state index < -0.39 is 5.41 Å². The minimum Gasteiger partial charge on any atom is -0.456 e. The number of anilines is 2. The summed E-state index contributed by atoms with van der Waals surface area (Å²) in [4.78, 5) is 38.9. The van der Waals surface area contributed by atoms with Crippen LogP contribution in [0, 0.1) is 5.41 Å². The van der Waals surface area contributed by atoms with E-state index in [2.05, 4.69) is 5.32 Å². The van der Waals surface area contributed by atoms with Crippen molar-refractivity contribution in [2.75, 3.05) is 16.8 Å². The predicted molar refractivity (Wildman–Crippen MR) is 124 cm³/mol. The summed E-state index contributed by atoms with van der Waals surface area (Å²) in [6.45, 7) is 9.64. The largest absolute Gasteiger partial charge is 0.456 e. The monoisotopic (exact) mass is 420 g/mol. The van der Waals surface area contributed by atoms with Crippen molar-refractivity contribution in [3.05, 3.63) is 58.8 Å². The van der Waals surface area contributed by atoms with Crippen molar-refractivity contribution in [2.45, 2.75) is 41.0 Å². The van der Waals surface area contributed by atoms with E-state index in [1.807, 2.05) is 52.0 Å². The fraction of sp³-hybridized carbons (Fsp3) is 0.320. The Hall–Kier alpha value is -3.41. The molecule has 6 heteroatoms. The normalized spacial score (nSPS) is 11.4. The number of carbonyl (C=O) groups is 2. The van der Waals surface area contributed by atoms with E-state index in [0.717, 1.165) is 17.7 Å². The second-order valence-electron chi connectivity index (χ2n) is 8.58. The van der Waals surface area contributed by atoms with Gasteiger partial charge in [0.25, 0.3) is 0 Å². The van der Waals surface area contributed by atoms with Gasteiger partial charge in [-0.25, -0.2) is 0 Å². The van der Waals surface area contributed by atoms with Gasteiger partial charge in [-0.15, -0.1) is 0 Å². The average molecular weight is 421 g/mol. The maximum absolute atomic E-state index is 12.9. The summed E-state index contributed by atoms with van der Waals surface area (Å²) in [5.74, 6) is 0.228. The van der Waals surface area contributed by atoms with E-state index in [1.54, 1.807) is 30.0 Å². The average Bonchev–Trinajstić information content (AvgIpc) is 2.71. The Bertz CT molecular complexity index is 1170. The molecule has 0 radical (unpaired) electrons. The van der Waals surface area contributed by atoms with E-state index in [4.69, 9.17) is 4.42 Å². The smallest absolute Gasteiger partial charge is 0.229 e. The molecule has 0 spiro atoms. The fourth-order valence-corrected chi connectivity index (χ4v) is 3.26. The highest BCUT2D eigenvalue weighted by Gasteiger charge is 2.22. The lowest BCUT2D eigenvalue weighted by Gasteiger charge is -2.20. The van der Waals surface area contributed by atoms with Crippen molar-refractivity contribution < 1.29 is 14.0 Å². The van der Waals surface area contributed by atoms with Gasteiger partial charge < -0.3 is 14.6 Å². The standard InChI is InChI=1S/C25H28N2O4/c1-6-14-27(16(2)28)18-12-10-17(11-13-18)22-15-20(29)23-19(8-7-9-21(23)31-22)26-24(30)25(3,4)5/h7-13,15H,6,14H2,1-5H3,(H,26,30). The van der Waals surface area contributed by atoms with E-state index in [1.165, 1.54) is 6.07 Å². The van der Waals surface area contributed by atoms with Crippen LogP contribution in [0.4, 0.5) is 11.4 Å². The van der Waals surface area contributed by atoms with Gasteiger partial charge >= 0.3 is 0 Å². The summed E-state index contributed by atoms with van der Waals surface area (Å²) < 4.78 is 6.00. The molecular weight excluding hydrogens is 392 g/mol. The van der Waals surface area contributed by atoms with Gasteiger partial charge in [-0.2, -0.15) is 0 Å². The van der Waals surface area contributed by atoms with Crippen molar-refractivity contribution in [3.8, 4) is 11.3 Å². The predicted octanol–water partition coefficient (Wildman–Crippen LogP) is 5.21. The molecule has 1 aromatic heterocycles. The van der Waals surface area contributed by atoms with Crippen molar-refractivity contribution >= 4 is 34.2 Å². The van der Waals surface area contributed by atoms with E-state index >= 15 is 0 Å². The first-order valence-electron chi connectivity index (χ1n) is 10.4. The number of nitrogens with zero attached hydrogens (tertiary/aromatic N) is 1. The third-order valence-electron chi connectivity index (χ3n) is 4.97. The molecule has 0 bridgehead atoms. The quantitative estimate of drug-likeness (QED) is 0.615. The van der Waals surface area contributed by atoms with Crippen LogP contribution in [0.2, 0.25) is 0 Å². The van der Waals surface area contributed by atoms with E-state index in [-0.39, 0.29) is 17.2 Å². The number of rotatable bonds is 5. The molecule has 1 heterocycles. The van der Waals surface area contributed by atoms with Crippen molar-refractivity contribution in [1.29, 1.82) is 0 Å². The summed E-state index contributed by atoms with van der Waals surface area (Å²) in [5.41, 5.74) is 1.54. The lowest BCUT2D eigenvalue weighted by molar-refractivity contribution is -0.123. The maximum atomic E-state index is 12.9. The van der Waals surface area contributed by atoms with Gasteiger partial charge in [0, 0.05) is 36.2 Å². The zero-order chi connectivity index (χ0) is 22.8. The molecule has 0 fully saturated rings. The Kier molecular flexibility index (Phi) is 6.29. The van der Waals surface area contributed by atoms with Gasteiger partial charge in [-0.3, -0.25) is 14.4 Å². The minimum atomic E-state index is -0.588. The molecule has 0 unspecified atom stereocenters. The molecule has 0 atom stereocenters. The Balaban J connectivity index is 1.99. The van der Waals surface area contributed by atoms with Crippen LogP contribution in [-0.2, 0) is 9.59 Å². The third-order valence-corrected chi connectivity index (χ3v) is 4.97. The molecule has 0 saturated heterocycles. The van der Waals surface area contributed by atoms with Crippen LogP contribution in [0.1, 0.15) is 41.0 Å². The number of carbonyl (C=O) groups excluding carboxylic acids is 2. The Labute approximate surface area is 181 Å². The second kappa shape index (κ2) is 8.76. The van der Waals surface area contributed by atoms with Crippen LogP contribution in [0.3, 0.4) is 0 Å². The number of benzene rings is 2. The molecule has 2 aromatic carbocycles. The van der Waals surface area contributed by atoms with Crippen LogP contribution >= 0.6 is 0 Å². The van der Waals surface area contributed by atoms with Gasteiger partial charge in [0.05, 0.1) is 11.1 Å². The first kappa shape index (κ1) is 22.3. The highest BCUT2D eigenvalue weighted by molar-refractivity contribution is 6.02. The number of amides is 2. The molecule has 6 nitrogen and oxygen atoms in total. The van der Waals surface area contributed by atoms with Crippen LogP contribution in [0.15, 0.2) is 57.7 Å². The Morgan fingerprint density at radius 2 is 1.74 bits per heavy atom. The van der Waals surface area contributed by atoms with Crippen LogP contribution in [0.25, 0.3) is 22.3 Å². The zero-order valence-electron chi connectivity index (χ0n) is 18.6. The van der Waals surface area contributed by atoms with E-state index in [9.17, 15) is 14.4 Å². The van der Waals surface area contributed by atoms with Crippen LogP contribution in [0.5, 0.6) is 0 Å². The van der Waals surface area contributed by atoms with Crippen LogP contribution in [-0.4, -0.2) is 18.4 Å². The van der Waals surface area contributed by atoms with Crippen molar-refractivity contribution in [2.24, 2.45) is 5.41 Å². The number of hydrogen-bond acceptors (Lipinski definition) is 4. The van der Waals surface area contributed by atoms with Gasteiger partial charge in [-0.1, -0.05) is 33.8 Å². The summed E-state index contributed by atoms with van der Waals surface area (Å²) >= 11 is 0. The third kappa shape index (κ3) is 4.85. The SMILES string of the molecule is CCCN(C(C)=O)c1ccc(-c2cc(=O)c3c(NC(=O)C(C)(C)C)cccc3o2)cc1. The lowest BCUT2D eigenvalue weighted by atomic mass is 9.95. The highest BCUT2D eigenvalue weighted by Crippen LogP contribution is 2.28. The molecule has 0 saturated carbocycles. The van der Waals surface area contributed by atoms with Gasteiger partial charge in [0.2, 0.25) is 11.8 Å². The minimum absolute atomic E-state index is 0.0170. The topological polar surface area (TPSA) is 79.6 Å². The van der Waals surface area contributed by atoms with Crippen molar-refractivity contribution in [3.63, 3.8) is 0 Å². The zero-order valence-corrected chi connectivity index (χ0v) is 18.6. The van der Waals surface area contributed by atoms with Gasteiger partial charge in [-0.05, 0) is 42.8 Å². The molecule has 31 heavy (non-hydrogen) atoms. The first-order valence-corrected chi connectivity index (χ1v) is 10.4. The molecule has 0 aliphatic heterocycles. The summed E-state index contributed by atoms with van der Waals surface area (Å²) in [6.07, 6.45) is 0.856. The first-order chi connectivity index (χ1) is 14.6. The van der Waals surface area contributed by atoms with Crippen molar-refractivity contribution in [1.82, 2.24) is 0 Å². The fourth-order valence-electron chi connectivity index (χ4n) is 3.26. The molecule has 0 aliphatic rings. The lowest BCUT2D eigenvalue weighted by Crippen LogP contribution is -2.28. The summed E-state index contributed by atoms with van der Waals surface area (Å²) in [7, 11) is 0. The second-order valence-corrected chi connectivity index (χ2v) is 8.58. The molecule has 0 aliphatic carbocycles. The van der Waals surface area contributed by atoms with Gasteiger partial charge in [0.1, 0.15) is 11.3 Å². The van der Waals surface area contributed by atoms with E-state index in [0.29, 0.717) is 29.0 Å². The Morgan fingerprint density at radius 1 is 1.06 bits per heavy atom. The van der Waals surface area contributed by atoms with Gasteiger partial charge in [0.15, 0.2) is 5.43 Å². The summed E-state index contributed by atoms with van der Waals surface area (Å²) in [5, 5.41) is 3.17. The molecule has 2 amide bonds. The maximum Gasteiger partial charge on any atom is 0.229 e. The number of hydrogen-bond donors (Lipinski definition) is 1. The molecule has 3 aromatic rings. The molecular formula is C25H28N2O4. The Morgan fingerprint density at radius 3 is 2.32 bits per heavy atom. The molecule has 3 rings (SSSR count). The van der Waals surface area contributed by atoms with Crippen LogP contribution < -0.4 is 15.6 Å². The molecule has 162 valence electrons.